The molecule has 0 fully saturated rings. The van der Waals surface area contributed by atoms with Crippen LogP contribution in [0.25, 0.3) is 0 Å². The van der Waals surface area contributed by atoms with Crippen molar-refractivity contribution in [3.8, 4) is 0 Å². The summed E-state index contributed by atoms with van der Waals surface area (Å²) in [6.07, 6.45) is 0. The number of hydrogen-bond acceptors (Lipinski definition) is 6. The summed E-state index contributed by atoms with van der Waals surface area (Å²) < 4.78 is 8.83. The molecule has 0 aliphatic carbocycles. The lowest BCUT2D eigenvalue weighted by Crippen LogP contribution is -2.52. The second-order valence-corrected chi connectivity index (χ2v) is 4.60. The minimum atomic E-state index is -1.45. The normalized spacial score (nSPS) is 12.1. The molecular formula is C12H20N2O6. The maximum Gasteiger partial charge on any atom is 0.328 e. The average Bonchev–Trinajstić information content (AvgIpc) is 2.42. The predicted octanol–water partition coefficient (Wildman–Crippen LogP) is -1.02. The highest BCUT2D eigenvalue weighted by molar-refractivity contribution is 6.05. The number of carbonyl (C=O) groups excluding carboxylic acids is 4. The van der Waals surface area contributed by atoms with Gasteiger partial charge in [0.15, 0.2) is 0 Å². The third kappa shape index (κ3) is 4.87. The van der Waals surface area contributed by atoms with Crippen LogP contribution in [0.2, 0.25) is 0 Å². The van der Waals surface area contributed by atoms with Gasteiger partial charge in [-0.25, -0.2) is 4.79 Å². The summed E-state index contributed by atoms with van der Waals surface area (Å²) in [7, 11) is 2.38. The van der Waals surface area contributed by atoms with E-state index in [1.807, 2.05) is 0 Å². The van der Waals surface area contributed by atoms with Crippen molar-refractivity contribution in [3.63, 3.8) is 0 Å². The fourth-order valence-electron chi connectivity index (χ4n) is 1.16. The highest BCUT2D eigenvalue weighted by atomic mass is 16.5. The number of hydrogen-bond donors (Lipinski definition) is 2. The van der Waals surface area contributed by atoms with Crippen LogP contribution in [-0.2, 0) is 28.7 Å². The van der Waals surface area contributed by atoms with Crippen molar-refractivity contribution < 1.29 is 28.7 Å². The Hall–Kier alpha value is -2.12. The van der Waals surface area contributed by atoms with Gasteiger partial charge in [-0.3, -0.25) is 14.4 Å². The molecular weight excluding hydrogens is 268 g/mol. The first-order chi connectivity index (χ1) is 9.16. The molecule has 0 aliphatic heterocycles. The van der Waals surface area contributed by atoms with Crippen molar-refractivity contribution in [2.24, 2.45) is 5.41 Å². The van der Waals surface area contributed by atoms with Gasteiger partial charge in [-0.15, -0.1) is 0 Å². The van der Waals surface area contributed by atoms with Crippen molar-refractivity contribution in [3.05, 3.63) is 0 Å². The molecule has 0 aromatic heterocycles. The van der Waals surface area contributed by atoms with Crippen LogP contribution in [0.15, 0.2) is 0 Å². The maximum absolute atomic E-state index is 12.0. The summed E-state index contributed by atoms with van der Waals surface area (Å²) in [6.45, 7) is 3.85. The number of nitrogens with one attached hydrogen (secondary N) is 2. The van der Waals surface area contributed by atoms with E-state index in [-0.39, 0.29) is 6.54 Å². The van der Waals surface area contributed by atoms with Crippen molar-refractivity contribution in [2.45, 2.75) is 26.8 Å². The summed E-state index contributed by atoms with van der Waals surface area (Å²) in [5.41, 5.74) is -1.45. The predicted molar refractivity (Wildman–Crippen MR) is 68.4 cm³/mol. The van der Waals surface area contributed by atoms with Crippen LogP contribution in [0, 0.1) is 5.41 Å². The van der Waals surface area contributed by atoms with E-state index in [0.717, 1.165) is 0 Å². The molecule has 0 spiro atoms. The molecule has 8 heteroatoms. The van der Waals surface area contributed by atoms with E-state index < -0.39 is 35.2 Å². The smallest absolute Gasteiger partial charge is 0.328 e. The van der Waals surface area contributed by atoms with E-state index in [1.54, 1.807) is 0 Å². The molecule has 0 saturated carbocycles. The maximum atomic E-state index is 12.0. The second kappa shape index (κ2) is 7.46. The second-order valence-electron chi connectivity index (χ2n) is 4.60. The minimum absolute atomic E-state index is 0.335. The van der Waals surface area contributed by atoms with Gasteiger partial charge in [-0.05, 0) is 20.8 Å². The van der Waals surface area contributed by atoms with Crippen LogP contribution in [0.3, 0.4) is 0 Å². The monoisotopic (exact) mass is 288 g/mol. The quantitative estimate of drug-likeness (QED) is 0.478. The number of amides is 2. The number of carbonyl (C=O) groups is 4. The van der Waals surface area contributed by atoms with Crippen LogP contribution in [0.4, 0.5) is 0 Å². The Morgan fingerprint density at radius 2 is 1.60 bits per heavy atom. The van der Waals surface area contributed by atoms with Crippen molar-refractivity contribution in [1.29, 1.82) is 0 Å². The number of methoxy groups -OCH3 is 2. The van der Waals surface area contributed by atoms with Crippen molar-refractivity contribution in [1.82, 2.24) is 10.6 Å². The van der Waals surface area contributed by atoms with Crippen LogP contribution >= 0.6 is 0 Å². The average molecular weight is 288 g/mol. The van der Waals surface area contributed by atoms with E-state index >= 15 is 0 Å². The minimum Gasteiger partial charge on any atom is -0.468 e. The summed E-state index contributed by atoms with van der Waals surface area (Å²) >= 11 is 0. The van der Waals surface area contributed by atoms with E-state index in [1.165, 1.54) is 35.0 Å². The lowest BCUT2D eigenvalue weighted by Gasteiger charge is -2.24. The van der Waals surface area contributed by atoms with E-state index in [0.29, 0.717) is 0 Å². The molecule has 0 aliphatic rings. The molecule has 20 heavy (non-hydrogen) atoms. The van der Waals surface area contributed by atoms with Crippen molar-refractivity contribution >= 4 is 23.8 Å². The molecule has 0 aromatic carbocycles. The Morgan fingerprint density at radius 3 is 2.05 bits per heavy atom. The molecule has 2 amide bonds. The number of esters is 2. The molecule has 0 radical (unpaired) electrons. The van der Waals surface area contributed by atoms with Gasteiger partial charge >= 0.3 is 11.9 Å². The Morgan fingerprint density at radius 1 is 1.05 bits per heavy atom. The van der Waals surface area contributed by atoms with Gasteiger partial charge in [-0.1, -0.05) is 0 Å². The molecule has 0 heterocycles. The Labute approximate surface area is 117 Å². The molecule has 2 N–H and O–H groups in total. The fraction of sp³-hybridized carbons (Fsp3) is 0.667. The molecule has 0 aromatic rings. The fourth-order valence-corrected chi connectivity index (χ4v) is 1.16. The SMILES string of the molecule is COC(=O)CNC(=O)C(C)(C)C(=O)N[C@H](C)C(=O)OC. The van der Waals surface area contributed by atoms with Crippen LogP contribution in [0.5, 0.6) is 0 Å². The zero-order valence-corrected chi connectivity index (χ0v) is 12.2. The standard InChI is InChI=1S/C12H20N2O6/c1-7(9(16)20-5)14-11(18)12(2,3)10(17)13-6-8(15)19-4/h7H,6H2,1-5H3,(H,13,17)(H,14,18)/t7-/m1/s1. The first kappa shape index (κ1) is 17.9. The van der Waals surface area contributed by atoms with Gasteiger partial charge in [0.2, 0.25) is 11.8 Å². The van der Waals surface area contributed by atoms with E-state index in [4.69, 9.17) is 0 Å². The van der Waals surface area contributed by atoms with Crippen molar-refractivity contribution in [2.75, 3.05) is 20.8 Å². The van der Waals surface area contributed by atoms with Crippen LogP contribution < -0.4 is 10.6 Å². The Bertz CT molecular complexity index is 405. The summed E-state index contributed by atoms with van der Waals surface area (Å²) in [6, 6.07) is -0.875. The molecule has 0 saturated heterocycles. The van der Waals surface area contributed by atoms with E-state index in [9.17, 15) is 19.2 Å². The largest absolute Gasteiger partial charge is 0.468 e. The highest BCUT2D eigenvalue weighted by Crippen LogP contribution is 2.15. The molecule has 114 valence electrons. The molecule has 0 bridgehead atoms. The van der Waals surface area contributed by atoms with Gasteiger partial charge in [0.1, 0.15) is 18.0 Å². The topological polar surface area (TPSA) is 111 Å². The van der Waals surface area contributed by atoms with Gasteiger partial charge in [0.25, 0.3) is 0 Å². The molecule has 0 rings (SSSR count). The molecule has 8 nitrogen and oxygen atoms in total. The highest BCUT2D eigenvalue weighted by Gasteiger charge is 2.37. The lowest BCUT2D eigenvalue weighted by atomic mass is 9.90. The molecule has 0 unspecified atom stereocenters. The third-order valence-electron chi connectivity index (χ3n) is 2.66. The Kier molecular flexibility index (Phi) is 6.67. The first-order valence-corrected chi connectivity index (χ1v) is 5.90. The summed E-state index contributed by atoms with van der Waals surface area (Å²) in [5, 5.41) is 4.64. The summed E-state index contributed by atoms with van der Waals surface area (Å²) in [4.78, 5) is 45.9. The zero-order chi connectivity index (χ0) is 15.9. The van der Waals surface area contributed by atoms with Gasteiger partial charge in [0.05, 0.1) is 14.2 Å². The third-order valence-corrected chi connectivity index (χ3v) is 2.66. The van der Waals surface area contributed by atoms with Crippen LogP contribution in [0.1, 0.15) is 20.8 Å². The zero-order valence-electron chi connectivity index (χ0n) is 12.2. The molecule has 1 atom stereocenters. The Balaban J connectivity index is 4.61. The van der Waals surface area contributed by atoms with Gasteiger partial charge in [-0.2, -0.15) is 0 Å². The number of rotatable bonds is 6. The number of ether oxygens (including phenoxy) is 2. The lowest BCUT2D eigenvalue weighted by molar-refractivity contribution is -0.149. The first-order valence-electron chi connectivity index (χ1n) is 5.90. The van der Waals surface area contributed by atoms with Crippen LogP contribution in [-0.4, -0.2) is 50.6 Å². The summed E-state index contributed by atoms with van der Waals surface area (Å²) in [5.74, 6) is -2.56. The van der Waals surface area contributed by atoms with Gasteiger partial charge in [0, 0.05) is 0 Å². The van der Waals surface area contributed by atoms with Gasteiger partial charge < -0.3 is 20.1 Å². The van der Waals surface area contributed by atoms with E-state index in [2.05, 4.69) is 20.1 Å².